The van der Waals surface area contributed by atoms with Gasteiger partial charge in [-0.2, -0.15) is 0 Å². The van der Waals surface area contributed by atoms with Gasteiger partial charge in [0.15, 0.2) is 0 Å². The van der Waals surface area contributed by atoms with Gasteiger partial charge in [-0.25, -0.2) is 8.78 Å². The minimum atomic E-state index is -0.535. The second kappa shape index (κ2) is 3.02. The van der Waals surface area contributed by atoms with Crippen LogP contribution in [0.4, 0.5) is 8.78 Å². The lowest BCUT2D eigenvalue weighted by atomic mass is 9.93. The quantitative estimate of drug-likeness (QED) is 0.772. The maximum absolute atomic E-state index is 13.5. The molecule has 14 heavy (non-hydrogen) atoms. The molecule has 0 amide bonds. The summed E-state index contributed by atoms with van der Waals surface area (Å²) < 4.78 is 26.1. The molecule has 1 aromatic carbocycles. The number of benzene rings is 1. The Bertz CT molecular complexity index is 360. The molecule has 1 saturated carbocycles. The molecule has 3 heteroatoms. The van der Waals surface area contributed by atoms with Gasteiger partial charge in [0.05, 0.1) is 0 Å². The maximum atomic E-state index is 13.5. The van der Waals surface area contributed by atoms with Crippen LogP contribution in [0.3, 0.4) is 0 Å². The van der Waals surface area contributed by atoms with Gasteiger partial charge in [-0.1, -0.05) is 13.0 Å². The molecule has 1 aliphatic carbocycles. The first kappa shape index (κ1) is 9.59. The molecule has 2 N–H and O–H groups in total. The summed E-state index contributed by atoms with van der Waals surface area (Å²) in [7, 11) is 0. The molecule has 0 saturated heterocycles. The first-order valence-electron chi connectivity index (χ1n) is 4.76. The molecule has 2 rings (SSSR count). The molecule has 0 spiro atoms. The highest BCUT2D eigenvalue weighted by Gasteiger charge is 2.52. The summed E-state index contributed by atoms with van der Waals surface area (Å²) in [5.41, 5.74) is 5.96. The largest absolute Gasteiger partial charge is 0.330 e. The lowest BCUT2D eigenvalue weighted by Crippen LogP contribution is -2.23. The van der Waals surface area contributed by atoms with Crippen molar-refractivity contribution in [1.29, 1.82) is 0 Å². The van der Waals surface area contributed by atoms with Gasteiger partial charge < -0.3 is 5.73 Å². The van der Waals surface area contributed by atoms with Crippen molar-refractivity contribution in [2.45, 2.75) is 18.8 Å². The standard InChI is InChI=1S/C11H13F2N/c1-7-5-11(7,6-14)9-3-2-8(12)4-10(9)13/h2-4,7H,5-6,14H2,1H3/t7-,11+/m1/s1. The predicted molar refractivity (Wildman–Crippen MR) is 50.9 cm³/mol. The first-order chi connectivity index (χ1) is 6.60. The Morgan fingerprint density at radius 3 is 2.57 bits per heavy atom. The van der Waals surface area contributed by atoms with Crippen LogP contribution in [0, 0.1) is 17.6 Å². The fourth-order valence-corrected chi connectivity index (χ4v) is 2.15. The van der Waals surface area contributed by atoms with Crippen LogP contribution in [0.2, 0.25) is 0 Å². The van der Waals surface area contributed by atoms with Crippen molar-refractivity contribution in [2.24, 2.45) is 11.7 Å². The van der Waals surface area contributed by atoms with E-state index in [9.17, 15) is 8.78 Å². The first-order valence-corrected chi connectivity index (χ1v) is 4.76. The van der Waals surface area contributed by atoms with Gasteiger partial charge in [-0.05, 0) is 24.0 Å². The third-order valence-corrected chi connectivity index (χ3v) is 3.29. The van der Waals surface area contributed by atoms with E-state index in [2.05, 4.69) is 0 Å². The smallest absolute Gasteiger partial charge is 0.129 e. The second-order valence-electron chi connectivity index (χ2n) is 4.09. The molecule has 0 aromatic heterocycles. The average molecular weight is 197 g/mol. The van der Waals surface area contributed by atoms with Gasteiger partial charge in [-0.3, -0.25) is 0 Å². The van der Waals surface area contributed by atoms with Crippen LogP contribution < -0.4 is 5.73 Å². The SMILES string of the molecule is C[C@@H]1C[C@@]1(CN)c1ccc(F)cc1F. The maximum Gasteiger partial charge on any atom is 0.129 e. The summed E-state index contributed by atoms with van der Waals surface area (Å²) in [5, 5.41) is 0. The lowest BCUT2D eigenvalue weighted by Gasteiger charge is -2.15. The van der Waals surface area contributed by atoms with E-state index in [1.54, 1.807) is 0 Å². The van der Waals surface area contributed by atoms with Gasteiger partial charge in [0.2, 0.25) is 0 Å². The van der Waals surface area contributed by atoms with Gasteiger partial charge in [0.25, 0.3) is 0 Å². The highest BCUT2D eigenvalue weighted by Crippen LogP contribution is 2.53. The summed E-state index contributed by atoms with van der Waals surface area (Å²) in [6.07, 6.45) is 0.895. The Morgan fingerprint density at radius 1 is 1.50 bits per heavy atom. The lowest BCUT2D eigenvalue weighted by molar-refractivity contribution is 0.536. The Hall–Kier alpha value is -0.960. The number of rotatable bonds is 2. The molecular weight excluding hydrogens is 184 g/mol. The van der Waals surface area contributed by atoms with Gasteiger partial charge in [0, 0.05) is 18.0 Å². The van der Waals surface area contributed by atoms with Crippen LogP contribution in [0.25, 0.3) is 0 Å². The van der Waals surface area contributed by atoms with Crippen molar-refractivity contribution in [1.82, 2.24) is 0 Å². The van der Waals surface area contributed by atoms with Crippen LogP contribution in [0.15, 0.2) is 18.2 Å². The summed E-state index contributed by atoms with van der Waals surface area (Å²) in [5.74, 6) is -0.612. The van der Waals surface area contributed by atoms with Crippen molar-refractivity contribution in [2.75, 3.05) is 6.54 Å². The normalized spacial score (nSPS) is 30.4. The van der Waals surface area contributed by atoms with E-state index < -0.39 is 11.6 Å². The minimum Gasteiger partial charge on any atom is -0.330 e. The van der Waals surface area contributed by atoms with E-state index >= 15 is 0 Å². The monoisotopic (exact) mass is 197 g/mol. The molecule has 1 fully saturated rings. The molecule has 2 atom stereocenters. The van der Waals surface area contributed by atoms with Gasteiger partial charge >= 0.3 is 0 Å². The predicted octanol–water partition coefficient (Wildman–Crippen LogP) is 2.20. The Morgan fingerprint density at radius 2 is 2.14 bits per heavy atom. The molecule has 0 aliphatic heterocycles. The third-order valence-electron chi connectivity index (χ3n) is 3.29. The van der Waals surface area contributed by atoms with Crippen LogP contribution in [-0.4, -0.2) is 6.54 Å². The molecular formula is C11H13F2N. The van der Waals surface area contributed by atoms with Crippen LogP contribution in [0.5, 0.6) is 0 Å². The number of nitrogens with two attached hydrogens (primary N) is 1. The van der Waals surface area contributed by atoms with E-state index in [0.29, 0.717) is 18.0 Å². The third kappa shape index (κ3) is 1.23. The molecule has 0 heterocycles. The fourth-order valence-electron chi connectivity index (χ4n) is 2.15. The average Bonchev–Trinajstić information content (AvgIpc) is 2.78. The van der Waals surface area contributed by atoms with Crippen LogP contribution >= 0.6 is 0 Å². The zero-order chi connectivity index (χ0) is 10.3. The van der Waals surface area contributed by atoms with E-state index in [1.807, 2.05) is 6.92 Å². The molecule has 1 aromatic rings. The van der Waals surface area contributed by atoms with E-state index in [0.717, 1.165) is 12.5 Å². The van der Waals surface area contributed by atoms with E-state index in [-0.39, 0.29) is 5.41 Å². The highest BCUT2D eigenvalue weighted by atomic mass is 19.1. The van der Waals surface area contributed by atoms with Crippen molar-refractivity contribution in [3.63, 3.8) is 0 Å². The van der Waals surface area contributed by atoms with Crippen LogP contribution in [-0.2, 0) is 5.41 Å². The molecule has 1 aliphatic rings. The topological polar surface area (TPSA) is 26.0 Å². The van der Waals surface area contributed by atoms with Gasteiger partial charge in [-0.15, -0.1) is 0 Å². The fraction of sp³-hybridized carbons (Fsp3) is 0.455. The molecule has 0 bridgehead atoms. The summed E-state index contributed by atoms with van der Waals surface area (Å²) in [4.78, 5) is 0. The number of halogens is 2. The molecule has 76 valence electrons. The Kier molecular flexibility index (Phi) is 2.07. The molecule has 0 unspecified atom stereocenters. The minimum absolute atomic E-state index is 0.238. The van der Waals surface area contributed by atoms with E-state index in [4.69, 9.17) is 5.73 Å². The Labute approximate surface area is 81.9 Å². The Balaban J connectivity index is 2.42. The molecule has 1 nitrogen and oxygen atoms in total. The second-order valence-corrected chi connectivity index (χ2v) is 4.09. The summed E-state index contributed by atoms with van der Waals surface area (Å²) in [6, 6.07) is 3.74. The number of hydrogen-bond donors (Lipinski definition) is 1. The van der Waals surface area contributed by atoms with Gasteiger partial charge in [0.1, 0.15) is 11.6 Å². The summed E-state index contributed by atoms with van der Waals surface area (Å²) in [6.45, 7) is 2.46. The molecule has 0 radical (unpaired) electrons. The van der Waals surface area contributed by atoms with Crippen LogP contribution in [0.1, 0.15) is 18.9 Å². The highest BCUT2D eigenvalue weighted by molar-refractivity contribution is 5.35. The van der Waals surface area contributed by atoms with Crippen molar-refractivity contribution >= 4 is 0 Å². The zero-order valence-electron chi connectivity index (χ0n) is 8.06. The number of hydrogen-bond acceptors (Lipinski definition) is 1. The van der Waals surface area contributed by atoms with E-state index in [1.165, 1.54) is 12.1 Å². The van der Waals surface area contributed by atoms with Crippen molar-refractivity contribution in [3.8, 4) is 0 Å². The zero-order valence-corrected chi connectivity index (χ0v) is 8.06. The summed E-state index contributed by atoms with van der Waals surface area (Å²) >= 11 is 0. The van der Waals surface area contributed by atoms with Crippen molar-refractivity contribution in [3.05, 3.63) is 35.4 Å². The van der Waals surface area contributed by atoms with Crippen molar-refractivity contribution < 1.29 is 8.78 Å².